The monoisotopic (exact) mass is 485 g/mol. The minimum Gasteiger partial charge on any atom is -0.497 e. The molecule has 0 saturated carbocycles. The zero-order valence-electron chi connectivity index (χ0n) is 19.6. The Kier molecular flexibility index (Phi) is 5.54. The van der Waals surface area contributed by atoms with Gasteiger partial charge >= 0.3 is 0 Å². The highest BCUT2D eigenvalue weighted by atomic mass is 32.2. The second-order valence-electron chi connectivity index (χ2n) is 9.22. The number of thioether (sulfide) groups is 1. The zero-order valence-corrected chi connectivity index (χ0v) is 20.4. The summed E-state index contributed by atoms with van der Waals surface area (Å²) in [5.74, 6) is 1.34. The molecule has 0 bridgehead atoms. The first-order chi connectivity index (χ1) is 17.1. The number of carbonyl (C=O) groups excluding carboxylic acids is 2. The molecule has 7 heteroatoms. The Balaban J connectivity index is 1.32. The molecular weight excluding hydrogens is 458 g/mol. The van der Waals surface area contributed by atoms with E-state index < -0.39 is 4.87 Å². The molecule has 0 aliphatic carbocycles. The molecule has 2 amide bonds. The molecule has 0 aromatic heterocycles. The number of rotatable bonds is 5. The summed E-state index contributed by atoms with van der Waals surface area (Å²) in [6, 6.07) is 25.9. The van der Waals surface area contributed by atoms with Crippen LogP contribution < -0.4 is 14.5 Å². The van der Waals surface area contributed by atoms with Gasteiger partial charge in [0.1, 0.15) is 5.75 Å². The number of likely N-dealkylation sites (tertiary alicyclic amines) is 1. The summed E-state index contributed by atoms with van der Waals surface area (Å²) in [5.41, 5.74) is 3.83. The molecular formula is C28H27N3O3S. The van der Waals surface area contributed by atoms with Crippen LogP contribution in [0.4, 0.5) is 11.4 Å². The summed E-state index contributed by atoms with van der Waals surface area (Å²) in [6.45, 7) is 2.37. The molecule has 0 N–H and O–H groups in total. The van der Waals surface area contributed by atoms with Crippen molar-refractivity contribution in [2.45, 2.75) is 17.2 Å². The zero-order chi connectivity index (χ0) is 24.0. The van der Waals surface area contributed by atoms with E-state index >= 15 is 0 Å². The number of nitrogens with zero attached hydrogens (tertiary/aromatic N) is 3. The van der Waals surface area contributed by atoms with E-state index in [0.717, 1.165) is 30.8 Å². The smallest absolute Gasteiger partial charge is 0.269 e. The highest BCUT2D eigenvalue weighted by Crippen LogP contribution is 2.55. The van der Waals surface area contributed by atoms with Crippen molar-refractivity contribution >= 4 is 35.0 Å². The lowest BCUT2D eigenvalue weighted by atomic mass is 9.99. The van der Waals surface area contributed by atoms with E-state index in [1.54, 1.807) is 12.0 Å². The van der Waals surface area contributed by atoms with Crippen molar-refractivity contribution in [2.24, 2.45) is 0 Å². The third-order valence-corrected chi connectivity index (χ3v) is 8.67. The van der Waals surface area contributed by atoms with Crippen molar-refractivity contribution in [1.29, 1.82) is 0 Å². The van der Waals surface area contributed by atoms with Crippen molar-refractivity contribution in [2.75, 3.05) is 42.4 Å². The maximum atomic E-state index is 14.2. The summed E-state index contributed by atoms with van der Waals surface area (Å²) in [6.07, 6.45) is 1.07. The largest absolute Gasteiger partial charge is 0.497 e. The molecule has 2 fully saturated rings. The predicted molar refractivity (Wildman–Crippen MR) is 139 cm³/mol. The number of methoxy groups -OCH3 is 1. The van der Waals surface area contributed by atoms with Crippen LogP contribution in [0, 0.1) is 0 Å². The molecule has 1 spiro atoms. The van der Waals surface area contributed by atoms with E-state index in [4.69, 9.17) is 4.74 Å². The van der Waals surface area contributed by atoms with Crippen LogP contribution in [0.25, 0.3) is 0 Å². The van der Waals surface area contributed by atoms with Gasteiger partial charge in [0.25, 0.3) is 5.91 Å². The van der Waals surface area contributed by atoms with Crippen LogP contribution in [-0.4, -0.2) is 49.3 Å². The van der Waals surface area contributed by atoms with E-state index in [0.29, 0.717) is 24.0 Å². The lowest BCUT2D eigenvalue weighted by Crippen LogP contribution is -2.51. The van der Waals surface area contributed by atoms with Gasteiger partial charge < -0.3 is 4.74 Å². The first-order valence-corrected chi connectivity index (χ1v) is 12.9. The number of anilines is 2. The van der Waals surface area contributed by atoms with Gasteiger partial charge in [-0.05, 0) is 48.2 Å². The lowest BCUT2D eigenvalue weighted by Gasteiger charge is -2.34. The molecule has 3 aliphatic rings. The van der Waals surface area contributed by atoms with Gasteiger partial charge in [0.2, 0.25) is 10.8 Å². The fourth-order valence-corrected chi connectivity index (χ4v) is 6.95. The molecule has 3 aliphatic heterocycles. The summed E-state index contributed by atoms with van der Waals surface area (Å²) in [5, 5.41) is 0. The fourth-order valence-electron chi connectivity index (χ4n) is 5.59. The molecule has 3 aromatic rings. The molecule has 6 nitrogen and oxygen atoms in total. The molecule has 0 unspecified atom stereocenters. The second kappa shape index (κ2) is 8.73. The number of carbonyl (C=O) groups is 2. The van der Waals surface area contributed by atoms with E-state index in [9.17, 15) is 9.59 Å². The number of hydrogen-bond acceptors (Lipinski definition) is 5. The topological polar surface area (TPSA) is 53.1 Å². The molecule has 2 atom stereocenters. The third-order valence-electron chi connectivity index (χ3n) is 7.28. The van der Waals surface area contributed by atoms with Gasteiger partial charge in [-0.25, -0.2) is 0 Å². The van der Waals surface area contributed by atoms with Crippen LogP contribution in [-0.2, 0) is 14.5 Å². The van der Waals surface area contributed by atoms with Gasteiger partial charge in [-0.3, -0.25) is 24.3 Å². The Bertz CT molecular complexity index is 1270. The Hall–Kier alpha value is -3.29. The van der Waals surface area contributed by atoms with Crippen LogP contribution in [0.3, 0.4) is 0 Å². The molecule has 0 radical (unpaired) electrons. The SMILES string of the molecule is COc1ccc(N2C(=O)CS[C@@]23C(=O)N(CN2CC[C@@H](c4ccccc4)C2)c2ccccc23)cc1. The van der Waals surface area contributed by atoms with Crippen molar-refractivity contribution in [3.8, 4) is 5.75 Å². The third kappa shape index (κ3) is 3.53. The number of para-hydroxylation sites is 1. The number of benzene rings is 3. The maximum Gasteiger partial charge on any atom is 0.269 e. The Labute approximate surface area is 209 Å². The van der Waals surface area contributed by atoms with Crippen LogP contribution in [0.2, 0.25) is 0 Å². The first-order valence-electron chi connectivity index (χ1n) is 11.9. The summed E-state index contributed by atoms with van der Waals surface area (Å²) in [7, 11) is 1.61. The van der Waals surface area contributed by atoms with Crippen molar-refractivity contribution < 1.29 is 14.3 Å². The minimum absolute atomic E-state index is 0.0477. The molecule has 6 rings (SSSR count). The Morgan fingerprint density at radius 1 is 0.971 bits per heavy atom. The fraction of sp³-hybridized carbons (Fsp3) is 0.286. The van der Waals surface area contributed by atoms with Crippen LogP contribution in [0.1, 0.15) is 23.5 Å². The predicted octanol–water partition coefficient (Wildman–Crippen LogP) is 4.42. The van der Waals surface area contributed by atoms with Gasteiger partial charge in [-0.15, -0.1) is 11.8 Å². The average molecular weight is 486 g/mol. The van der Waals surface area contributed by atoms with E-state index in [1.165, 1.54) is 17.3 Å². The second-order valence-corrected chi connectivity index (χ2v) is 10.4. The van der Waals surface area contributed by atoms with Gasteiger partial charge in [0, 0.05) is 24.3 Å². The molecule has 3 heterocycles. The Morgan fingerprint density at radius 2 is 1.71 bits per heavy atom. The Morgan fingerprint density at radius 3 is 2.49 bits per heavy atom. The summed E-state index contributed by atoms with van der Waals surface area (Å²) < 4.78 is 5.30. The molecule has 178 valence electrons. The number of hydrogen-bond donors (Lipinski definition) is 0. The van der Waals surface area contributed by atoms with Crippen LogP contribution >= 0.6 is 11.8 Å². The normalized spacial score (nSPS) is 24.0. The van der Waals surface area contributed by atoms with Crippen molar-refractivity contribution in [3.05, 3.63) is 90.0 Å². The minimum atomic E-state index is -1.08. The van der Waals surface area contributed by atoms with E-state index in [1.807, 2.05) is 59.5 Å². The van der Waals surface area contributed by atoms with Gasteiger partial charge in [-0.2, -0.15) is 0 Å². The highest BCUT2D eigenvalue weighted by Gasteiger charge is 2.61. The van der Waals surface area contributed by atoms with Crippen LogP contribution in [0.15, 0.2) is 78.9 Å². The van der Waals surface area contributed by atoms with E-state index in [-0.39, 0.29) is 17.6 Å². The molecule has 2 saturated heterocycles. The average Bonchev–Trinajstić information content (AvgIpc) is 3.58. The standard InChI is InChI=1S/C28H27N3O3S/c1-34-23-13-11-22(12-14-23)31-26(32)18-35-28(31)24-9-5-6-10-25(24)30(27(28)33)19-29-16-15-21(17-29)20-7-3-2-4-8-20/h2-14,21H,15-19H2,1H3/t21-,28+/m1/s1. The summed E-state index contributed by atoms with van der Waals surface area (Å²) >= 11 is 1.42. The summed E-state index contributed by atoms with van der Waals surface area (Å²) in [4.78, 5) is 32.3. The van der Waals surface area contributed by atoms with Crippen molar-refractivity contribution in [1.82, 2.24) is 4.90 Å². The van der Waals surface area contributed by atoms with Gasteiger partial charge in [0.05, 0.1) is 25.2 Å². The highest BCUT2D eigenvalue weighted by molar-refractivity contribution is 8.02. The van der Waals surface area contributed by atoms with Gasteiger partial charge in [-0.1, -0.05) is 48.5 Å². The lowest BCUT2D eigenvalue weighted by molar-refractivity contribution is -0.123. The number of fused-ring (bicyclic) bond motifs is 2. The first kappa shape index (κ1) is 22.2. The maximum absolute atomic E-state index is 14.2. The van der Waals surface area contributed by atoms with Crippen molar-refractivity contribution in [3.63, 3.8) is 0 Å². The molecule has 35 heavy (non-hydrogen) atoms. The van der Waals surface area contributed by atoms with Crippen LogP contribution in [0.5, 0.6) is 5.75 Å². The van der Waals surface area contributed by atoms with Gasteiger partial charge in [0.15, 0.2) is 0 Å². The quantitative estimate of drug-likeness (QED) is 0.536. The number of amides is 2. The number of ether oxygens (including phenoxy) is 1. The molecule has 3 aromatic carbocycles. The van der Waals surface area contributed by atoms with E-state index in [2.05, 4.69) is 29.2 Å².